The van der Waals surface area contributed by atoms with Gasteiger partial charge in [-0.25, -0.2) is 0 Å². The molecule has 0 aliphatic heterocycles. The van der Waals surface area contributed by atoms with Crippen molar-refractivity contribution in [2.75, 3.05) is 5.88 Å². The maximum Gasteiger partial charge on any atom is 0.105 e. The van der Waals surface area contributed by atoms with Crippen molar-refractivity contribution in [3.8, 4) is 10.6 Å². The number of aromatic nitrogens is 2. The van der Waals surface area contributed by atoms with E-state index >= 15 is 0 Å². The Morgan fingerprint density at radius 3 is 3.07 bits per heavy atom. The van der Waals surface area contributed by atoms with Gasteiger partial charge in [0.15, 0.2) is 0 Å². The van der Waals surface area contributed by atoms with Crippen molar-refractivity contribution in [2.45, 2.75) is 13.3 Å². The lowest BCUT2D eigenvalue weighted by Gasteiger charge is -1.98. The molecule has 2 heterocycles. The van der Waals surface area contributed by atoms with E-state index in [1.54, 1.807) is 11.3 Å². The Morgan fingerprint density at radius 1 is 1.57 bits per heavy atom. The third-order valence-corrected chi connectivity index (χ3v) is 3.24. The largest absolute Gasteiger partial charge is 0.282 e. The van der Waals surface area contributed by atoms with Gasteiger partial charge in [0.1, 0.15) is 5.69 Å². The Balaban J connectivity index is 2.43. The van der Waals surface area contributed by atoms with E-state index in [-0.39, 0.29) is 0 Å². The van der Waals surface area contributed by atoms with Crippen LogP contribution in [0.15, 0.2) is 17.5 Å². The summed E-state index contributed by atoms with van der Waals surface area (Å²) in [4.78, 5) is 1.20. The van der Waals surface area contributed by atoms with Crippen LogP contribution in [0.3, 0.4) is 0 Å². The lowest BCUT2D eigenvalue weighted by Crippen LogP contribution is -1.89. The van der Waals surface area contributed by atoms with Gasteiger partial charge in [0.05, 0.1) is 4.88 Å². The molecule has 0 amide bonds. The number of hydrogen-bond acceptors (Lipinski definition) is 2. The topological polar surface area (TPSA) is 28.7 Å². The van der Waals surface area contributed by atoms with Crippen molar-refractivity contribution in [3.05, 3.63) is 28.8 Å². The van der Waals surface area contributed by atoms with Gasteiger partial charge in [0.25, 0.3) is 0 Å². The molecule has 0 fully saturated rings. The molecule has 2 aromatic heterocycles. The first-order valence-corrected chi connectivity index (χ1v) is 5.88. The van der Waals surface area contributed by atoms with E-state index < -0.39 is 0 Å². The average Bonchev–Trinajstić information content (AvgIpc) is 2.77. The van der Waals surface area contributed by atoms with E-state index in [1.165, 1.54) is 10.4 Å². The standard InChI is InChI=1S/C10H11ClN2S/c1-7-8(4-5-11)10(13-12-7)9-3-2-6-14-9/h2-3,6H,4-5H2,1H3,(H,12,13). The molecular formula is C10H11ClN2S. The molecule has 14 heavy (non-hydrogen) atoms. The van der Waals surface area contributed by atoms with Gasteiger partial charge in [-0.05, 0) is 24.8 Å². The van der Waals surface area contributed by atoms with Crippen molar-refractivity contribution in [1.29, 1.82) is 0 Å². The van der Waals surface area contributed by atoms with Crippen molar-refractivity contribution in [3.63, 3.8) is 0 Å². The zero-order valence-electron chi connectivity index (χ0n) is 7.88. The van der Waals surface area contributed by atoms with Crippen LogP contribution in [0.25, 0.3) is 10.6 Å². The molecule has 2 nitrogen and oxygen atoms in total. The number of aromatic amines is 1. The van der Waals surface area contributed by atoms with Gasteiger partial charge in [-0.3, -0.25) is 5.10 Å². The van der Waals surface area contributed by atoms with Crippen molar-refractivity contribution in [2.24, 2.45) is 0 Å². The highest BCUT2D eigenvalue weighted by Crippen LogP contribution is 2.27. The third-order valence-electron chi connectivity index (χ3n) is 2.17. The van der Waals surface area contributed by atoms with E-state index in [1.807, 2.05) is 13.0 Å². The molecule has 0 aromatic carbocycles. The molecule has 4 heteroatoms. The highest BCUT2D eigenvalue weighted by atomic mass is 35.5. The van der Waals surface area contributed by atoms with Crippen molar-refractivity contribution < 1.29 is 0 Å². The number of hydrogen-bond donors (Lipinski definition) is 1. The van der Waals surface area contributed by atoms with Crippen LogP contribution in [-0.2, 0) is 6.42 Å². The second-order valence-electron chi connectivity index (χ2n) is 3.09. The molecule has 0 saturated carbocycles. The molecular weight excluding hydrogens is 216 g/mol. The second-order valence-corrected chi connectivity index (χ2v) is 4.42. The minimum absolute atomic E-state index is 0.638. The van der Waals surface area contributed by atoms with Gasteiger partial charge in [0.2, 0.25) is 0 Å². The van der Waals surface area contributed by atoms with Crippen LogP contribution >= 0.6 is 22.9 Å². The normalized spacial score (nSPS) is 10.7. The number of aryl methyl sites for hydroxylation is 1. The summed E-state index contributed by atoms with van der Waals surface area (Å²) in [7, 11) is 0. The summed E-state index contributed by atoms with van der Waals surface area (Å²) >= 11 is 7.46. The monoisotopic (exact) mass is 226 g/mol. The van der Waals surface area contributed by atoms with Crippen LogP contribution in [0.1, 0.15) is 11.3 Å². The summed E-state index contributed by atoms with van der Waals surface area (Å²) < 4.78 is 0. The van der Waals surface area contributed by atoms with E-state index in [4.69, 9.17) is 11.6 Å². The predicted molar refractivity (Wildman–Crippen MR) is 61.1 cm³/mol. The molecule has 0 aliphatic carbocycles. The van der Waals surface area contributed by atoms with Crippen LogP contribution in [0.2, 0.25) is 0 Å². The number of alkyl halides is 1. The number of nitrogens with zero attached hydrogens (tertiary/aromatic N) is 1. The number of rotatable bonds is 3. The SMILES string of the molecule is Cc1[nH]nc(-c2cccs2)c1CCCl. The van der Waals surface area contributed by atoms with Crippen LogP contribution < -0.4 is 0 Å². The zero-order chi connectivity index (χ0) is 9.97. The molecule has 0 spiro atoms. The smallest absolute Gasteiger partial charge is 0.105 e. The fourth-order valence-corrected chi connectivity index (χ4v) is 2.40. The van der Waals surface area contributed by atoms with Gasteiger partial charge in [-0.1, -0.05) is 6.07 Å². The van der Waals surface area contributed by atoms with Crippen molar-refractivity contribution in [1.82, 2.24) is 10.2 Å². The Morgan fingerprint density at radius 2 is 2.43 bits per heavy atom. The van der Waals surface area contributed by atoms with Crippen LogP contribution in [-0.4, -0.2) is 16.1 Å². The zero-order valence-corrected chi connectivity index (χ0v) is 9.45. The summed E-state index contributed by atoms with van der Waals surface area (Å²) in [6, 6.07) is 4.12. The lowest BCUT2D eigenvalue weighted by molar-refractivity contribution is 1.04. The van der Waals surface area contributed by atoms with E-state index in [0.29, 0.717) is 5.88 Å². The van der Waals surface area contributed by atoms with Crippen LogP contribution in [0.5, 0.6) is 0 Å². The summed E-state index contributed by atoms with van der Waals surface area (Å²) in [6.07, 6.45) is 0.872. The van der Waals surface area contributed by atoms with E-state index in [2.05, 4.69) is 21.6 Å². The second kappa shape index (κ2) is 4.15. The molecule has 0 unspecified atom stereocenters. The Bertz CT molecular complexity index is 406. The average molecular weight is 227 g/mol. The molecule has 0 radical (unpaired) electrons. The van der Waals surface area contributed by atoms with Gasteiger partial charge in [0, 0.05) is 17.1 Å². The molecule has 0 aliphatic rings. The molecule has 74 valence electrons. The Labute approximate surface area is 91.9 Å². The van der Waals surface area contributed by atoms with Gasteiger partial charge >= 0.3 is 0 Å². The number of H-pyrrole nitrogens is 1. The first kappa shape index (κ1) is 9.74. The Kier molecular flexibility index (Phi) is 2.89. The molecule has 2 rings (SSSR count). The molecule has 2 aromatic rings. The van der Waals surface area contributed by atoms with E-state index in [9.17, 15) is 0 Å². The van der Waals surface area contributed by atoms with Crippen molar-refractivity contribution >= 4 is 22.9 Å². The molecule has 0 atom stereocenters. The highest BCUT2D eigenvalue weighted by molar-refractivity contribution is 7.13. The molecule has 0 saturated heterocycles. The molecule has 1 N–H and O–H groups in total. The van der Waals surface area contributed by atoms with Crippen LogP contribution in [0, 0.1) is 6.92 Å². The maximum absolute atomic E-state index is 5.76. The minimum Gasteiger partial charge on any atom is -0.282 e. The fourth-order valence-electron chi connectivity index (χ4n) is 1.47. The highest BCUT2D eigenvalue weighted by Gasteiger charge is 2.11. The van der Waals surface area contributed by atoms with Gasteiger partial charge in [-0.2, -0.15) is 5.10 Å². The number of halogens is 1. The number of thiophene rings is 1. The summed E-state index contributed by atoms with van der Waals surface area (Å²) in [5.41, 5.74) is 3.41. The minimum atomic E-state index is 0.638. The quantitative estimate of drug-likeness (QED) is 0.800. The number of nitrogens with one attached hydrogen (secondary N) is 1. The van der Waals surface area contributed by atoms with Gasteiger partial charge in [-0.15, -0.1) is 22.9 Å². The predicted octanol–water partition coefficient (Wildman–Crippen LogP) is 3.23. The summed E-state index contributed by atoms with van der Waals surface area (Å²) in [5, 5.41) is 9.37. The van der Waals surface area contributed by atoms with Crippen LogP contribution in [0.4, 0.5) is 0 Å². The summed E-state index contributed by atoms with van der Waals surface area (Å²) in [6.45, 7) is 2.03. The third kappa shape index (κ3) is 1.70. The first-order chi connectivity index (χ1) is 6.83. The summed E-state index contributed by atoms with van der Waals surface area (Å²) in [5.74, 6) is 0.638. The van der Waals surface area contributed by atoms with Gasteiger partial charge < -0.3 is 0 Å². The molecule has 0 bridgehead atoms. The first-order valence-electron chi connectivity index (χ1n) is 4.46. The fraction of sp³-hybridized carbons (Fsp3) is 0.300. The Hall–Kier alpha value is -0.800. The van der Waals surface area contributed by atoms with E-state index in [0.717, 1.165) is 17.8 Å². The lowest BCUT2D eigenvalue weighted by atomic mass is 10.1. The maximum atomic E-state index is 5.76.